The van der Waals surface area contributed by atoms with Crippen LogP contribution in [0.15, 0.2) is 38.3 Å². The fourth-order valence-electron chi connectivity index (χ4n) is 3.66. The maximum Gasteiger partial charge on any atom is 0.246 e. The average molecular weight is 548 g/mol. The van der Waals surface area contributed by atoms with Crippen LogP contribution in [0.25, 0.3) is 0 Å². The minimum Gasteiger partial charge on any atom is -0.356 e. The molecule has 2 N–H and O–H groups in total. The summed E-state index contributed by atoms with van der Waals surface area (Å²) in [5.74, 6) is 1.95. The lowest BCUT2D eigenvalue weighted by atomic mass is 9.69. The third kappa shape index (κ3) is 5.91. The molecule has 1 heterocycles. The molecule has 1 aromatic heterocycles. The second-order valence-corrected chi connectivity index (χ2v) is 7.78. The number of nitrogens with zero attached hydrogens (tertiary/aromatic N) is 3. The van der Waals surface area contributed by atoms with Crippen LogP contribution in [0.2, 0.25) is 0 Å². The molecule has 1 aliphatic carbocycles. The Labute approximate surface area is 186 Å². The lowest BCUT2D eigenvalue weighted by Crippen LogP contribution is -2.46. The van der Waals surface area contributed by atoms with Crippen LogP contribution >= 0.6 is 39.9 Å². The van der Waals surface area contributed by atoms with Crippen molar-refractivity contribution in [1.29, 1.82) is 0 Å². The standard InChI is InChI=1S/C19H26BrN5O.HI/c1-14-24-17(26-25-14)12-22-18(21-2)23-13-19(9-4-3-5-10-19)15-7-6-8-16(20)11-15;/h6-8,11H,3-5,9-10,12-13H2,1-2H3,(H2,21,22,23);1H. The first-order valence-corrected chi connectivity index (χ1v) is 9.90. The molecule has 6 nitrogen and oxygen atoms in total. The van der Waals surface area contributed by atoms with Crippen molar-refractivity contribution in [2.24, 2.45) is 4.99 Å². The lowest BCUT2D eigenvalue weighted by molar-refractivity contribution is 0.291. The molecule has 1 aliphatic rings. The van der Waals surface area contributed by atoms with E-state index in [1.807, 2.05) is 6.92 Å². The highest BCUT2D eigenvalue weighted by Crippen LogP contribution is 2.39. The van der Waals surface area contributed by atoms with Gasteiger partial charge < -0.3 is 15.2 Å². The van der Waals surface area contributed by atoms with Crippen LogP contribution in [0.1, 0.15) is 49.4 Å². The molecule has 1 saturated carbocycles. The van der Waals surface area contributed by atoms with Crippen LogP contribution in [-0.4, -0.2) is 29.7 Å². The number of guanidine groups is 1. The van der Waals surface area contributed by atoms with Crippen molar-refractivity contribution in [3.05, 3.63) is 46.0 Å². The van der Waals surface area contributed by atoms with E-state index in [0.29, 0.717) is 18.3 Å². The minimum absolute atomic E-state index is 0. The van der Waals surface area contributed by atoms with Gasteiger partial charge in [0.15, 0.2) is 11.8 Å². The summed E-state index contributed by atoms with van der Waals surface area (Å²) in [7, 11) is 1.78. The normalized spacial score (nSPS) is 16.5. The number of aryl methyl sites for hydroxylation is 1. The van der Waals surface area contributed by atoms with Crippen LogP contribution < -0.4 is 10.6 Å². The highest BCUT2D eigenvalue weighted by Gasteiger charge is 2.34. The molecule has 1 fully saturated rings. The van der Waals surface area contributed by atoms with Gasteiger partial charge in [0.2, 0.25) is 5.89 Å². The Balaban J connectivity index is 0.00000261. The second-order valence-electron chi connectivity index (χ2n) is 6.87. The van der Waals surface area contributed by atoms with E-state index in [-0.39, 0.29) is 29.4 Å². The molecule has 0 spiro atoms. The van der Waals surface area contributed by atoms with Crippen LogP contribution in [0.4, 0.5) is 0 Å². The molecule has 0 radical (unpaired) electrons. The van der Waals surface area contributed by atoms with Crippen LogP contribution in [0.5, 0.6) is 0 Å². The molecule has 1 aromatic carbocycles. The second kappa shape index (κ2) is 10.4. The SMILES string of the molecule is CN=C(NCc1nc(C)no1)NCC1(c2cccc(Br)c2)CCCCC1.I. The monoisotopic (exact) mass is 547 g/mol. The number of hydrogen-bond donors (Lipinski definition) is 2. The third-order valence-electron chi connectivity index (χ3n) is 5.04. The molecule has 0 saturated heterocycles. The third-order valence-corrected chi connectivity index (χ3v) is 5.54. The number of rotatable bonds is 5. The van der Waals surface area contributed by atoms with Gasteiger partial charge in [-0.2, -0.15) is 4.98 Å². The number of aromatic nitrogens is 2. The Kier molecular flexibility index (Phi) is 8.53. The molecule has 0 amide bonds. The van der Waals surface area contributed by atoms with Gasteiger partial charge in [-0.1, -0.05) is 52.5 Å². The Hall–Kier alpha value is -1.16. The Morgan fingerprint density at radius 1 is 1.26 bits per heavy atom. The molecular formula is C19H27BrIN5O. The van der Waals surface area contributed by atoms with E-state index in [2.05, 4.69) is 66.0 Å². The Morgan fingerprint density at radius 3 is 2.67 bits per heavy atom. The fraction of sp³-hybridized carbons (Fsp3) is 0.526. The molecule has 3 rings (SSSR count). The van der Waals surface area contributed by atoms with Crippen LogP contribution in [0.3, 0.4) is 0 Å². The summed E-state index contributed by atoms with van der Waals surface area (Å²) in [6.07, 6.45) is 6.23. The summed E-state index contributed by atoms with van der Waals surface area (Å²) in [6.45, 7) is 3.13. The van der Waals surface area contributed by atoms with Gasteiger partial charge in [-0.3, -0.25) is 4.99 Å². The number of hydrogen-bond acceptors (Lipinski definition) is 4. The quantitative estimate of drug-likeness (QED) is 0.331. The fourth-order valence-corrected chi connectivity index (χ4v) is 4.06. The predicted octanol–water partition coefficient (Wildman–Crippen LogP) is 4.33. The van der Waals surface area contributed by atoms with Gasteiger partial charge >= 0.3 is 0 Å². The zero-order valence-corrected chi connectivity index (χ0v) is 19.7. The largest absolute Gasteiger partial charge is 0.356 e. The van der Waals surface area contributed by atoms with E-state index in [1.165, 1.54) is 37.7 Å². The molecule has 0 bridgehead atoms. The molecule has 2 aromatic rings. The Morgan fingerprint density at radius 2 is 2.04 bits per heavy atom. The molecule has 0 aliphatic heterocycles. The van der Waals surface area contributed by atoms with Crippen molar-refractivity contribution in [3.8, 4) is 0 Å². The first-order chi connectivity index (χ1) is 12.6. The van der Waals surface area contributed by atoms with Gasteiger partial charge in [0.25, 0.3) is 0 Å². The lowest BCUT2D eigenvalue weighted by Gasteiger charge is -2.38. The average Bonchev–Trinajstić information content (AvgIpc) is 3.08. The van der Waals surface area contributed by atoms with Crippen molar-refractivity contribution in [2.75, 3.05) is 13.6 Å². The van der Waals surface area contributed by atoms with E-state index < -0.39 is 0 Å². The highest BCUT2D eigenvalue weighted by molar-refractivity contribution is 14.0. The first-order valence-electron chi connectivity index (χ1n) is 9.11. The van der Waals surface area contributed by atoms with Gasteiger partial charge in [0.1, 0.15) is 0 Å². The minimum atomic E-state index is 0. The van der Waals surface area contributed by atoms with Gasteiger partial charge in [-0.05, 0) is 37.5 Å². The molecule has 148 valence electrons. The van der Waals surface area contributed by atoms with Gasteiger partial charge in [-0.25, -0.2) is 0 Å². The highest BCUT2D eigenvalue weighted by atomic mass is 127. The summed E-state index contributed by atoms with van der Waals surface area (Å²) < 4.78 is 6.28. The number of benzene rings is 1. The molecule has 0 atom stereocenters. The van der Waals surface area contributed by atoms with Crippen molar-refractivity contribution in [3.63, 3.8) is 0 Å². The molecule has 8 heteroatoms. The van der Waals surface area contributed by atoms with E-state index in [4.69, 9.17) is 4.52 Å². The van der Waals surface area contributed by atoms with Crippen molar-refractivity contribution < 1.29 is 4.52 Å². The maximum atomic E-state index is 5.14. The number of nitrogens with one attached hydrogen (secondary N) is 2. The summed E-state index contributed by atoms with van der Waals surface area (Å²) in [6, 6.07) is 8.71. The van der Waals surface area contributed by atoms with E-state index in [1.54, 1.807) is 7.05 Å². The number of halogens is 2. The van der Waals surface area contributed by atoms with Crippen molar-refractivity contribution in [2.45, 2.75) is 51.0 Å². The van der Waals surface area contributed by atoms with Crippen molar-refractivity contribution in [1.82, 2.24) is 20.8 Å². The molecule has 27 heavy (non-hydrogen) atoms. The summed E-state index contributed by atoms with van der Waals surface area (Å²) in [4.78, 5) is 8.54. The Bertz CT molecular complexity index is 758. The zero-order valence-electron chi connectivity index (χ0n) is 15.8. The summed E-state index contributed by atoms with van der Waals surface area (Å²) >= 11 is 3.62. The smallest absolute Gasteiger partial charge is 0.246 e. The van der Waals surface area contributed by atoms with Gasteiger partial charge in [0, 0.05) is 23.5 Å². The van der Waals surface area contributed by atoms with Crippen molar-refractivity contribution >= 4 is 45.9 Å². The van der Waals surface area contributed by atoms with E-state index in [0.717, 1.165) is 17.0 Å². The summed E-state index contributed by atoms with van der Waals surface area (Å²) in [5, 5.41) is 10.6. The van der Waals surface area contributed by atoms with E-state index >= 15 is 0 Å². The topological polar surface area (TPSA) is 75.3 Å². The predicted molar refractivity (Wildman–Crippen MR) is 122 cm³/mol. The van der Waals surface area contributed by atoms with Gasteiger partial charge in [0.05, 0.1) is 6.54 Å². The van der Waals surface area contributed by atoms with Gasteiger partial charge in [-0.15, -0.1) is 24.0 Å². The summed E-state index contributed by atoms with van der Waals surface area (Å²) in [5.41, 5.74) is 1.53. The van der Waals surface area contributed by atoms with E-state index in [9.17, 15) is 0 Å². The molecule has 0 unspecified atom stereocenters. The number of aliphatic imine (C=N–C) groups is 1. The van der Waals surface area contributed by atoms with Crippen LogP contribution in [0, 0.1) is 6.92 Å². The molecular weight excluding hydrogens is 521 g/mol. The zero-order chi connectivity index (χ0) is 18.4. The van der Waals surface area contributed by atoms with Crippen LogP contribution in [-0.2, 0) is 12.0 Å². The maximum absolute atomic E-state index is 5.14. The first kappa shape index (κ1) is 22.1.